The Bertz CT molecular complexity index is 894. The van der Waals surface area contributed by atoms with E-state index in [1.807, 2.05) is 0 Å². The van der Waals surface area contributed by atoms with Gasteiger partial charge in [-0.3, -0.25) is 18.6 Å². The number of phosphoric acid groups is 1. The molecule has 50 heavy (non-hydrogen) atoms. The molecule has 0 rings (SSSR count). The molecule has 0 saturated carbocycles. The summed E-state index contributed by atoms with van der Waals surface area (Å²) in [7, 11) is -4.63. The molecule has 0 fully saturated rings. The smallest absolute Gasteiger partial charge is 0.457 e. The van der Waals surface area contributed by atoms with Gasteiger partial charge in [-0.05, 0) is 44.9 Å². The maximum Gasteiger partial charge on any atom is 0.472 e. The summed E-state index contributed by atoms with van der Waals surface area (Å²) in [4.78, 5) is 34.4. The van der Waals surface area contributed by atoms with Gasteiger partial charge in [-0.15, -0.1) is 0 Å². The standard InChI is InChI=1S/C39H73O10P/c1-3-5-7-9-11-13-15-17-18-19-21-23-25-27-29-31-39(43)49-37(33-41)35-47-50(44,45)46-34-36(32-40)48-38(42)30-28-26-24-22-20-16-14-12-10-8-6-4-2/h11,13,17-18,36-37,40-41H,3-10,12,14-16,19-35H2,1-2H3,(H,44,45)/b13-11-,18-17-. The second kappa shape index (κ2) is 35.8. The van der Waals surface area contributed by atoms with Gasteiger partial charge in [-0.1, -0.05) is 141 Å². The van der Waals surface area contributed by atoms with Crippen molar-refractivity contribution < 1.29 is 47.8 Å². The third-order valence-corrected chi connectivity index (χ3v) is 9.37. The van der Waals surface area contributed by atoms with Crippen LogP contribution >= 0.6 is 7.82 Å². The molecule has 10 nitrogen and oxygen atoms in total. The molecular formula is C39H73O10P. The topological polar surface area (TPSA) is 149 Å². The first kappa shape index (κ1) is 48.5. The van der Waals surface area contributed by atoms with Crippen molar-refractivity contribution in [3.05, 3.63) is 24.3 Å². The second-order valence-electron chi connectivity index (χ2n) is 13.3. The Morgan fingerprint density at radius 1 is 0.540 bits per heavy atom. The van der Waals surface area contributed by atoms with E-state index in [1.165, 1.54) is 70.6 Å². The number of ether oxygens (including phenoxy) is 2. The van der Waals surface area contributed by atoms with E-state index >= 15 is 0 Å². The first-order chi connectivity index (χ1) is 24.3. The second-order valence-corrected chi connectivity index (χ2v) is 14.7. The number of phosphoric ester groups is 1. The average molecular weight is 733 g/mol. The minimum atomic E-state index is -4.63. The highest BCUT2D eigenvalue weighted by Gasteiger charge is 2.27. The molecule has 0 aromatic heterocycles. The van der Waals surface area contributed by atoms with Crippen molar-refractivity contribution in [3.8, 4) is 0 Å². The van der Waals surface area contributed by atoms with E-state index in [2.05, 4.69) is 38.2 Å². The quantitative estimate of drug-likeness (QED) is 0.0244. The number of carbonyl (C=O) groups excluding carboxylic acids is 2. The van der Waals surface area contributed by atoms with E-state index in [1.54, 1.807) is 0 Å². The molecule has 0 bridgehead atoms. The SMILES string of the molecule is CCCCC/C=C\C/C=C\CCCCCCCC(=O)OC(CO)COP(=O)(O)OCC(CO)OC(=O)CCCCCCCCCCCCCC. The molecule has 0 aliphatic heterocycles. The number of aliphatic hydroxyl groups excluding tert-OH is 2. The maximum absolute atomic E-state index is 12.3. The third-order valence-electron chi connectivity index (χ3n) is 8.42. The summed E-state index contributed by atoms with van der Waals surface area (Å²) in [5.74, 6) is -1.03. The highest BCUT2D eigenvalue weighted by molar-refractivity contribution is 7.47. The lowest BCUT2D eigenvalue weighted by atomic mass is 10.0. The van der Waals surface area contributed by atoms with Gasteiger partial charge in [0.1, 0.15) is 12.2 Å². The Kier molecular flexibility index (Phi) is 34.7. The lowest BCUT2D eigenvalue weighted by Crippen LogP contribution is -2.28. The van der Waals surface area contributed by atoms with Gasteiger partial charge in [0.25, 0.3) is 0 Å². The molecule has 0 aromatic rings. The van der Waals surface area contributed by atoms with Crippen molar-refractivity contribution >= 4 is 19.8 Å². The van der Waals surface area contributed by atoms with Crippen LogP contribution in [0.1, 0.15) is 174 Å². The predicted octanol–water partition coefficient (Wildman–Crippen LogP) is 9.83. The highest BCUT2D eigenvalue weighted by Crippen LogP contribution is 2.43. The normalized spacial score (nSPS) is 14.3. The van der Waals surface area contributed by atoms with Crippen LogP contribution in [-0.4, -0.2) is 65.7 Å². The van der Waals surface area contributed by atoms with Crippen molar-refractivity contribution in [1.29, 1.82) is 0 Å². The van der Waals surface area contributed by atoms with Gasteiger partial charge < -0.3 is 24.6 Å². The summed E-state index contributed by atoms with van der Waals surface area (Å²) in [5, 5.41) is 19.1. The van der Waals surface area contributed by atoms with E-state index in [0.29, 0.717) is 12.8 Å². The number of unbranched alkanes of at least 4 members (excludes halogenated alkanes) is 19. The van der Waals surface area contributed by atoms with E-state index in [9.17, 15) is 29.3 Å². The summed E-state index contributed by atoms with van der Waals surface area (Å²) in [6.45, 7) is 2.15. The van der Waals surface area contributed by atoms with Crippen LogP contribution in [0.25, 0.3) is 0 Å². The van der Waals surface area contributed by atoms with E-state index < -0.39 is 58.4 Å². The van der Waals surface area contributed by atoms with Crippen molar-refractivity contribution in [2.75, 3.05) is 26.4 Å². The van der Waals surface area contributed by atoms with Crippen LogP contribution < -0.4 is 0 Å². The molecule has 0 saturated heterocycles. The largest absolute Gasteiger partial charge is 0.472 e. The van der Waals surface area contributed by atoms with Gasteiger partial charge in [0.2, 0.25) is 0 Å². The summed E-state index contributed by atoms with van der Waals surface area (Å²) in [6, 6.07) is 0. The van der Waals surface area contributed by atoms with Gasteiger partial charge >= 0.3 is 19.8 Å². The number of hydrogen-bond acceptors (Lipinski definition) is 9. The first-order valence-corrected chi connectivity index (χ1v) is 21.3. The van der Waals surface area contributed by atoms with Crippen LogP contribution in [0, 0.1) is 0 Å². The zero-order valence-corrected chi connectivity index (χ0v) is 32.5. The van der Waals surface area contributed by atoms with Gasteiger partial charge in [0.15, 0.2) is 0 Å². The highest BCUT2D eigenvalue weighted by atomic mass is 31.2. The summed E-state index contributed by atoms with van der Waals surface area (Å²) >= 11 is 0. The van der Waals surface area contributed by atoms with E-state index in [0.717, 1.165) is 64.2 Å². The number of carbonyl (C=O) groups is 2. The van der Waals surface area contributed by atoms with Crippen molar-refractivity contribution in [3.63, 3.8) is 0 Å². The summed E-state index contributed by atoms with van der Waals surface area (Å²) in [6.07, 6.45) is 32.9. The van der Waals surface area contributed by atoms with Crippen LogP contribution in [0.3, 0.4) is 0 Å². The van der Waals surface area contributed by atoms with Crippen LogP contribution in [0.4, 0.5) is 0 Å². The zero-order chi connectivity index (χ0) is 37.0. The molecule has 0 amide bonds. The number of hydrogen-bond donors (Lipinski definition) is 3. The van der Waals surface area contributed by atoms with Crippen LogP contribution in [0.15, 0.2) is 24.3 Å². The molecule has 0 radical (unpaired) electrons. The number of rotatable bonds is 37. The molecule has 294 valence electrons. The van der Waals surface area contributed by atoms with Gasteiger partial charge in [-0.25, -0.2) is 4.57 Å². The molecular weight excluding hydrogens is 659 g/mol. The van der Waals surface area contributed by atoms with E-state index in [-0.39, 0.29) is 12.8 Å². The van der Waals surface area contributed by atoms with Crippen molar-refractivity contribution in [2.24, 2.45) is 0 Å². The lowest BCUT2D eigenvalue weighted by molar-refractivity contribution is -0.153. The Hall–Kier alpha value is -1.55. The Labute approximate surface area is 304 Å². The Morgan fingerprint density at radius 3 is 1.28 bits per heavy atom. The molecule has 3 unspecified atom stereocenters. The van der Waals surface area contributed by atoms with Gasteiger partial charge in [-0.2, -0.15) is 0 Å². The van der Waals surface area contributed by atoms with Crippen LogP contribution in [-0.2, 0) is 32.7 Å². The fourth-order valence-corrected chi connectivity index (χ4v) is 6.10. The van der Waals surface area contributed by atoms with Crippen molar-refractivity contribution in [2.45, 2.75) is 187 Å². The first-order valence-electron chi connectivity index (χ1n) is 19.8. The number of esters is 2. The summed E-state index contributed by atoms with van der Waals surface area (Å²) in [5.41, 5.74) is 0. The zero-order valence-electron chi connectivity index (χ0n) is 31.6. The molecule has 0 spiro atoms. The Morgan fingerprint density at radius 2 is 0.880 bits per heavy atom. The molecule has 0 heterocycles. The molecule has 3 atom stereocenters. The molecule has 11 heteroatoms. The molecule has 0 aromatic carbocycles. The maximum atomic E-state index is 12.3. The minimum absolute atomic E-state index is 0.178. The molecule has 0 aliphatic carbocycles. The van der Waals surface area contributed by atoms with Gasteiger partial charge in [0, 0.05) is 12.8 Å². The third kappa shape index (κ3) is 33.6. The summed E-state index contributed by atoms with van der Waals surface area (Å²) < 4.78 is 32.4. The van der Waals surface area contributed by atoms with Crippen LogP contribution in [0.5, 0.6) is 0 Å². The lowest BCUT2D eigenvalue weighted by Gasteiger charge is -2.20. The number of allylic oxidation sites excluding steroid dienone is 4. The fourth-order valence-electron chi connectivity index (χ4n) is 5.32. The fraction of sp³-hybridized carbons (Fsp3) is 0.846. The van der Waals surface area contributed by atoms with Crippen molar-refractivity contribution in [1.82, 2.24) is 0 Å². The molecule has 0 aliphatic rings. The average Bonchev–Trinajstić information content (AvgIpc) is 3.10. The van der Waals surface area contributed by atoms with E-state index in [4.69, 9.17) is 18.5 Å². The Balaban J connectivity index is 3.98. The van der Waals surface area contributed by atoms with Crippen LogP contribution in [0.2, 0.25) is 0 Å². The number of aliphatic hydroxyl groups is 2. The molecule has 3 N–H and O–H groups in total. The minimum Gasteiger partial charge on any atom is -0.457 e. The monoisotopic (exact) mass is 732 g/mol. The van der Waals surface area contributed by atoms with Gasteiger partial charge in [0.05, 0.1) is 26.4 Å². The predicted molar refractivity (Wildman–Crippen MR) is 201 cm³/mol.